The van der Waals surface area contributed by atoms with Crippen molar-refractivity contribution in [2.24, 2.45) is 0 Å². The largest absolute Gasteiger partial charge is 0.494 e. The van der Waals surface area contributed by atoms with Gasteiger partial charge in [-0.1, -0.05) is 42.5 Å². The second-order valence-electron chi connectivity index (χ2n) is 5.94. The molecular weight excluding hydrogens is 390 g/mol. The maximum absolute atomic E-state index is 12.3. The highest BCUT2D eigenvalue weighted by atomic mass is 35.5. The average Bonchev–Trinajstić information content (AvgIpc) is 2.69. The van der Waals surface area contributed by atoms with Gasteiger partial charge < -0.3 is 20.0 Å². The van der Waals surface area contributed by atoms with E-state index in [9.17, 15) is 9.59 Å². The van der Waals surface area contributed by atoms with E-state index in [1.54, 1.807) is 12.2 Å². The fourth-order valence-corrected chi connectivity index (χ4v) is 2.41. The van der Waals surface area contributed by atoms with Gasteiger partial charge in [0.1, 0.15) is 16.4 Å². The fraction of sp³-hybridized carbons (Fsp3) is 0.182. The number of rotatable bonds is 4. The van der Waals surface area contributed by atoms with Gasteiger partial charge in [-0.25, -0.2) is 0 Å². The third kappa shape index (κ3) is 7.44. The van der Waals surface area contributed by atoms with Gasteiger partial charge in [0.2, 0.25) is 0 Å². The highest BCUT2D eigenvalue weighted by Crippen LogP contribution is 2.11. The Morgan fingerprint density at radius 1 is 0.828 bits per heavy atom. The Morgan fingerprint density at radius 3 is 1.72 bits per heavy atom. The highest BCUT2D eigenvalue weighted by Gasteiger charge is 1.98. The lowest BCUT2D eigenvalue weighted by Crippen LogP contribution is -2.46. The highest BCUT2D eigenvalue weighted by molar-refractivity contribution is 5.85. The van der Waals surface area contributed by atoms with Crippen molar-refractivity contribution in [1.82, 2.24) is 15.3 Å². The van der Waals surface area contributed by atoms with E-state index in [0.717, 1.165) is 16.9 Å². The first-order chi connectivity index (χ1) is 13.6. The lowest BCUT2D eigenvalue weighted by Gasteiger charge is -2.02. The second kappa shape index (κ2) is 12.4. The van der Waals surface area contributed by atoms with E-state index in [0.29, 0.717) is 6.61 Å². The molecule has 0 saturated heterocycles. The molecule has 154 valence electrons. The fourth-order valence-electron chi connectivity index (χ4n) is 2.41. The van der Waals surface area contributed by atoms with Crippen LogP contribution in [0.5, 0.6) is 5.75 Å². The van der Waals surface area contributed by atoms with Gasteiger partial charge in [0.15, 0.2) is 0 Å². The summed E-state index contributed by atoms with van der Waals surface area (Å²) in [7, 11) is 3.75. The zero-order chi connectivity index (χ0) is 20.4. The lowest BCUT2D eigenvalue weighted by atomic mass is 10.2. The number of halogens is 1. The van der Waals surface area contributed by atoms with Gasteiger partial charge in [0.05, 0.1) is 6.61 Å². The topological polar surface area (TPSA) is 87.0 Å². The zero-order valence-corrected chi connectivity index (χ0v) is 17.5. The maximum Gasteiger partial charge on any atom is 0.272 e. The molecule has 3 aromatic rings. The Balaban J connectivity index is 0.000000990. The van der Waals surface area contributed by atoms with Crippen LogP contribution in [0.2, 0.25) is 0 Å². The minimum atomic E-state index is -0.351. The quantitative estimate of drug-likeness (QED) is 0.600. The Bertz CT molecular complexity index is 1110. The van der Waals surface area contributed by atoms with Crippen LogP contribution in [-0.4, -0.2) is 30.7 Å². The smallest absolute Gasteiger partial charge is 0.272 e. The minimum absolute atomic E-state index is 0. The normalized spacial score (nSPS) is 11.3. The molecule has 0 amide bonds. The van der Waals surface area contributed by atoms with Crippen molar-refractivity contribution in [1.29, 1.82) is 0 Å². The van der Waals surface area contributed by atoms with E-state index in [1.165, 1.54) is 0 Å². The molecule has 0 aliphatic heterocycles. The molecule has 3 N–H and O–H groups in total. The van der Waals surface area contributed by atoms with E-state index in [1.807, 2.05) is 75.6 Å². The van der Waals surface area contributed by atoms with Crippen molar-refractivity contribution < 1.29 is 4.74 Å². The van der Waals surface area contributed by atoms with Gasteiger partial charge in [-0.2, -0.15) is 0 Å². The summed E-state index contributed by atoms with van der Waals surface area (Å²) < 4.78 is 5.38. The van der Waals surface area contributed by atoms with Crippen LogP contribution in [0, 0.1) is 0 Å². The first-order valence-corrected chi connectivity index (χ1v) is 8.99. The SMILES string of the molecule is CCOc1ccc(C=c2[nH]c(=O)c(=Cc3ccccc3)[nH]c2=O)cc1.CNC.Cl. The van der Waals surface area contributed by atoms with Crippen LogP contribution in [0.15, 0.2) is 64.2 Å². The number of aromatic nitrogens is 2. The van der Waals surface area contributed by atoms with Crippen molar-refractivity contribution in [3.63, 3.8) is 0 Å². The Morgan fingerprint density at radius 2 is 1.28 bits per heavy atom. The summed E-state index contributed by atoms with van der Waals surface area (Å²) >= 11 is 0. The monoisotopic (exact) mass is 415 g/mol. The molecule has 0 bridgehead atoms. The summed E-state index contributed by atoms with van der Waals surface area (Å²) in [5.41, 5.74) is 0.938. The molecular formula is C22H26ClN3O3. The predicted octanol–water partition coefficient (Wildman–Crippen LogP) is 1.38. The average molecular weight is 416 g/mol. The summed E-state index contributed by atoms with van der Waals surface area (Å²) in [4.78, 5) is 29.8. The van der Waals surface area contributed by atoms with Crippen LogP contribution < -0.4 is 31.9 Å². The number of hydrogen-bond donors (Lipinski definition) is 3. The third-order valence-corrected chi connectivity index (χ3v) is 3.60. The van der Waals surface area contributed by atoms with Gasteiger partial charge in [0.25, 0.3) is 11.1 Å². The minimum Gasteiger partial charge on any atom is -0.494 e. The number of aromatic amines is 2. The Labute approximate surface area is 175 Å². The van der Waals surface area contributed by atoms with Crippen molar-refractivity contribution in [3.8, 4) is 5.75 Å². The third-order valence-electron chi connectivity index (χ3n) is 3.60. The van der Waals surface area contributed by atoms with Crippen LogP contribution in [0.3, 0.4) is 0 Å². The van der Waals surface area contributed by atoms with E-state index >= 15 is 0 Å². The summed E-state index contributed by atoms with van der Waals surface area (Å²) in [5, 5.41) is 3.18. The van der Waals surface area contributed by atoms with E-state index in [4.69, 9.17) is 4.74 Å². The summed E-state index contributed by atoms with van der Waals surface area (Å²) in [6.45, 7) is 2.51. The summed E-state index contributed by atoms with van der Waals surface area (Å²) in [6.07, 6.45) is 3.27. The second-order valence-corrected chi connectivity index (χ2v) is 5.94. The number of H-pyrrole nitrogens is 2. The molecule has 29 heavy (non-hydrogen) atoms. The molecule has 1 aromatic heterocycles. The molecule has 0 radical (unpaired) electrons. The molecule has 0 fully saturated rings. The molecule has 0 aliphatic rings. The standard InChI is InChI=1S/C20H18N2O3.C2H7N.ClH/c1-2-25-16-10-8-15(9-11-16)13-18-20(24)21-17(19(23)22-18)12-14-6-4-3-5-7-14;1-3-2;/h3-13H,2H2,1H3,(H,21,24)(H,22,23);3H,1-2H3;1H. The number of benzene rings is 2. The molecule has 1 heterocycles. The Kier molecular flexibility index (Phi) is 10.2. The van der Waals surface area contributed by atoms with E-state index in [-0.39, 0.29) is 34.2 Å². The predicted molar refractivity (Wildman–Crippen MR) is 120 cm³/mol. The molecule has 0 aliphatic carbocycles. The van der Waals surface area contributed by atoms with Crippen molar-refractivity contribution >= 4 is 24.6 Å². The maximum atomic E-state index is 12.3. The summed E-state index contributed by atoms with van der Waals surface area (Å²) in [6, 6.07) is 16.6. The van der Waals surface area contributed by atoms with Crippen LogP contribution >= 0.6 is 12.4 Å². The van der Waals surface area contributed by atoms with Gasteiger partial charge in [0, 0.05) is 0 Å². The molecule has 0 spiro atoms. The molecule has 0 unspecified atom stereocenters. The zero-order valence-electron chi connectivity index (χ0n) is 16.7. The molecule has 3 rings (SSSR count). The Hall–Kier alpha value is -3.09. The lowest BCUT2D eigenvalue weighted by molar-refractivity contribution is 0.340. The van der Waals surface area contributed by atoms with Gasteiger partial charge in [-0.15, -0.1) is 12.4 Å². The van der Waals surface area contributed by atoms with Crippen molar-refractivity contribution in [2.75, 3.05) is 20.7 Å². The van der Waals surface area contributed by atoms with Crippen LogP contribution in [0.1, 0.15) is 18.1 Å². The molecule has 2 aromatic carbocycles. The number of hydrogen-bond acceptors (Lipinski definition) is 4. The van der Waals surface area contributed by atoms with Gasteiger partial charge in [-0.3, -0.25) is 9.59 Å². The summed E-state index contributed by atoms with van der Waals surface area (Å²) in [5.74, 6) is 0.759. The number of ether oxygens (including phenoxy) is 1. The first kappa shape index (κ1) is 23.9. The van der Waals surface area contributed by atoms with Crippen molar-refractivity contribution in [2.45, 2.75) is 6.92 Å². The van der Waals surface area contributed by atoms with Gasteiger partial charge in [-0.05, 0) is 56.4 Å². The molecule has 0 saturated carbocycles. The number of nitrogens with one attached hydrogen (secondary N) is 3. The molecule has 7 heteroatoms. The van der Waals surface area contributed by atoms with Crippen LogP contribution in [-0.2, 0) is 0 Å². The molecule has 0 atom stereocenters. The van der Waals surface area contributed by atoms with Gasteiger partial charge >= 0.3 is 0 Å². The van der Waals surface area contributed by atoms with E-state index in [2.05, 4.69) is 15.3 Å². The first-order valence-electron chi connectivity index (χ1n) is 8.99. The van der Waals surface area contributed by atoms with Crippen LogP contribution in [0.25, 0.3) is 12.2 Å². The van der Waals surface area contributed by atoms with E-state index < -0.39 is 0 Å². The molecule has 6 nitrogen and oxygen atoms in total. The van der Waals surface area contributed by atoms with Crippen molar-refractivity contribution in [3.05, 3.63) is 97.1 Å². The van der Waals surface area contributed by atoms with Crippen LogP contribution in [0.4, 0.5) is 0 Å².